The molecule has 1 rings (SSSR count). The van der Waals surface area contributed by atoms with Crippen LogP contribution in [-0.2, 0) is 0 Å². The van der Waals surface area contributed by atoms with E-state index in [2.05, 4.69) is 37.9 Å². The molecule has 0 aromatic carbocycles. The number of aliphatic imine (C=N–C) groups is 1. The predicted molar refractivity (Wildman–Crippen MR) is 49.9 cm³/mol. The van der Waals surface area contributed by atoms with Crippen LogP contribution >= 0.6 is 0 Å². The molecule has 0 bridgehead atoms. The first-order chi connectivity index (χ1) is 5.24. The average molecular weight is 149 g/mol. The predicted octanol–water partition coefficient (Wildman–Crippen LogP) is 3.09. The van der Waals surface area contributed by atoms with Gasteiger partial charge in [0.1, 0.15) is 0 Å². The van der Waals surface area contributed by atoms with Gasteiger partial charge in [-0.15, -0.1) is 0 Å². The fourth-order valence-electron chi connectivity index (χ4n) is 1.10. The molecule has 0 aromatic heterocycles. The van der Waals surface area contributed by atoms with E-state index in [1.54, 1.807) is 0 Å². The van der Waals surface area contributed by atoms with E-state index >= 15 is 0 Å². The number of nitrogens with zero attached hydrogens (tertiary/aromatic N) is 1. The summed E-state index contributed by atoms with van der Waals surface area (Å²) in [6, 6.07) is 0. The summed E-state index contributed by atoms with van der Waals surface area (Å²) in [5, 5.41) is 0. The molecule has 0 unspecified atom stereocenters. The highest BCUT2D eigenvalue weighted by Gasteiger charge is 2.07. The molecule has 0 saturated carbocycles. The summed E-state index contributed by atoms with van der Waals surface area (Å²) < 4.78 is 0. The standard InChI is InChI=1S/C10H15N/c1-4-5-6-10-7-8(2)9(3)11-10/h5-6H,4,7H2,1-3H3/b6-5+. The van der Waals surface area contributed by atoms with Crippen molar-refractivity contribution in [2.75, 3.05) is 0 Å². The number of hydrogen-bond donors (Lipinski definition) is 0. The summed E-state index contributed by atoms with van der Waals surface area (Å²) in [6.07, 6.45) is 6.42. The molecule has 1 heterocycles. The van der Waals surface area contributed by atoms with E-state index in [0.29, 0.717) is 0 Å². The van der Waals surface area contributed by atoms with Gasteiger partial charge in [-0.25, -0.2) is 0 Å². The molecule has 0 spiro atoms. The third-order valence-corrected chi connectivity index (χ3v) is 1.92. The van der Waals surface area contributed by atoms with E-state index in [-0.39, 0.29) is 0 Å². The molecule has 11 heavy (non-hydrogen) atoms. The molecule has 1 aliphatic heterocycles. The summed E-state index contributed by atoms with van der Waals surface area (Å²) in [6.45, 7) is 6.35. The third-order valence-electron chi connectivity index (χ3n) is 1.92. The number of hydrogen-bond acceptors (Lipinski definition) is 1. The van der Waals surface area contributed by atoms with Gasteiger partial charge in [0.2, 0.25) is 0 Å². The van der Waals surface area contributed by atoms with E-state index in [1.807, 2.05) is 0 Å². The smallest absolute Gasteiger partial charge is 0.0444 e. The lowest BCUT2D eigenvalue weighted by Gasteiger charge is -1.89. The van der Waals surface area contributed by atoms with Crippen LogP contribution in [-0.4, -0.2) is 5.71 Å². The van der Waals surface area contributed by atoms with Crippen LogP contribution in [0.25, 0.3) is 0 Å². The largest absolute Gasteiger partial charge is 0.258 e. The van der Waals surface area contributed by atoms with E-state index < -0.39 is 0 Å². The first-order valence-electron chi connectivity index (χ1n) is 4.14. The molecule has 0 N–H and O–H groups in total. The maximum atomic E-state index is 4.42. The van der Waals surface area contributed by atoms with Crippen LogP contribution in [0.1, 0.15) is 33.6 Å². The van der Waals surface area contributed by atoms with Crippen molar-refractivity contribution >= 4 is 5.71 Å². The molecule has 0 amide bonds. The lowest BCUT2D eigenvalue weighted by Crippen LogP contribution is -1.86. The first kappa shape index (κ1) is 8.25. The van der Waals surface area contributed by atoms with Crippen molar-refractivity contribution in [3.63, 3.8) is 0 Å². The molecule has 1 aliphatic rings. The van der Waals surface area contributed by atoms with Gasteiger partial charge >= 0.3 is 0 Å². The quantitative estimate of drug-likeness (QED) is 0.572. The highest BCUT2D eigenvalue weighted by molar-refractivity contribution is 5.99. The van der Waals surface area contributed by atoms with Crippen molar-refractivity contribution in [1.82, 2.24) is 0 Å². The summed E-state index contributed by atoms with van der Waals surface area (Å²) >= 11 is 0. The second kappa shape index (κ2) is 3.51. The van der Waals surface area contributed by atoms with Crippen LogP contribution in [0.5, 0.6) is 0 Å². The second-order valence-corrected chi connectivity index (χ2v) is 2.96. The zero-order valence-electron chi connectivity index (χ0n) is 7.52. The van der Waals surface area contributed by atoms with Gasteiger partial charge in [0.15, 0.2) is 0 Å². The van der Waals surface area contributed by atoms with Crippen LogP contribution in [0.4, 0.5) is 0 Å². The Morgan fingerprint density at radius 1 is 1.45 bits per heavy atom. The summed E-state index contributed by atoms with van der Waals surface area (Å²) in [7, 11) is 0. The number of rotatable bonds is 2. The Balaban J connectivity index is 2.57. The zero-order chi connectivity index (χ0) is 8.27. The molecule has 1 heteroatoms. The molecule has 0 aliphatic carbocycles. The SMILES string of the molecule is CC/C=C/C1=NC(C)=C(C)C1. The van der Waals surface area contributed by atoms with E-state index in [0.717, 1.165) is 12.8 Å². The Morgan fingerprint density at radius 3 is 2.64 bits per heavy atom. The fourth-order valence-corrected chi connectivity index (χ4v) is 1.10. The molecular formula is C10H15N. The maximum Gasteiger partial charge on any atom is 0.0444 e. The summed E-state index contributed by atoms with van der Waals surface area (Å²) in [5.74, 6) is 0. The minimum atomic E-state index is 1.04. The van der Waals surface area contributed by atoms with Crippen molar-refractivity contribution in [1.29, 1.82) is 0 Å². The van der Waals surface area contributed by atoms with E-state index in [1.165, 1.54) is 17.0 Å². The Bertz CT molecular complexity index is 231. The van der Waals surface area contributed by atoms with Gasteiger partial charge in [0.25, 0.3) is 0 Å². The van der Waals surface area contributed by atoms with Crippen LogP contribution in [0.3, 0.4) is 0 Å². The minimum Gasteiger partial charge on any atom is -0.258 e. The van der Waals surface area contributed by atoms with Gasteiger partial charge in [-0.3, -0.25) is 4.99 Å². The monoisotopic (exact) mass is 149 g/mol. The molecule has 0 radical (unpaired) electrons. The molecule has 0 atom stereocenters. The zero-order valence-corrected chi connectivity index (χ0v) is 7.52. The lowest BCUT2D eigenvalue weighted by molar-refractivity contribution is 1.21. The molecule has 0 saturated heterocycles. The molecule has 1 nitrogen and oxygen atoms in total. The van der Waals surface area contributed by atoms with Crippen molar-refractivity contribution < 1.29 is 0 Å². The van der Waals surface area contributed by atoms with Crippen molar-refractivity contribution in [2.45, 2.75) is 33.6 Å². The fraction of sp³-hybridized carbons (Fsp3) is 0.500. The van der Waals surface area contributed by atoms with E-state index in [4.69, 9.17) is 0 Å². The van der Waals surface area contributed by atoms with Crippen LogP contribution in [0.15, 0.2) is 28.4 Å². The highest BCUT2D eigenvalue weighted by atomic mass is 14.8. The number of allylic oxidation sites excluding steroid dienone is 4. The summed E-state index contributed by atoms with van der Waals surface area (Å²) in [5.41, 5.74) is 3.81. The van der Waals surface area contributed by atoms with Gasteiger partial charge in [-0.2, -0.15) is 0 Å². The van der Waals surface area contributed by atoms with Gasteiger partial charge in [-0.1, -0.05) is 13.0 Å². The lowest BCUT2D eigenvalue weighted by atomic mass is 10.1. The van der Waals surface area contributed by atoms with Crippen molar-refractivity contribution in [2.24, 2.45) is 4.99 Å². The molecular weight excluding hydrogens is 134 g/mol. The van der Waals surface area contributed by atoms with Crippen LogP contribution < -0.4 is 0 Å². The van der Waals surface area contributed by atoms with Crippen molar-refractivity contribution in [3.8, 4) is 0 Å². The van der Waals surface area contributed by atoms with Gasteiger partial charge in [0.05, 0.1) is 0 Å². The third kappa shape index (κ3) is 2.04. The molecule has 60 valence electrons. The highest BCUT2D eigenvalue weighted by Crippen LogP contribution is 2.18. The Hall–Kier alpha value is -0.850. The minimum absolute atomic E-state index is 1.04. The Kier molecular flexibility index (Phi) is 2.64. The topological polar surface area (TPSA) is 12.4 Å². The van der Waals surface area contributed by atoms with Crippen molar-refractivity contribution in [3.05, 3.63) is 23.4 Å². The Morgan fingerprint density at radius 2 is 2.18 bits per heavy atom. The van der Waals surface area contributed by atoms with Gasteiger partial charge in [0, 0.05) is 17.8 Å². The Labute approximate surface area is 68.5 Å². The van der Waals surface area contributed by atoms with Gasteiger partial charge in [-0.05, 0) is 31.9 Å². The first-order valence-corrected chi connectivity index (χ1v) is 4.14. The van der Waals surface area contributed by atoms with Crippen LogP contribution in [0.2, 0.25) is 0 Å². The van der Waals surface area contributed by atoms with Gasteiger partial charge < -0.3 is 0 Å². The second-order valence-electron chi connectivity index (χ2n) is 2.96. The van der Waals surface area contributed by atoms with E-state index in [9.17, 15) is 0 Å². The normalized spacial score (nSPS) is 18.3. The molecule has 0 aromatic rings. The maximum absolute atomic E-state index is 4.42. The van der Waals surface area contributed by atoms with Crippen LogP contribution in [0, 0.1) is 0 Å². The molecule has 0 fully saturated rings. The average Bonchev–Trinajstić information content (AvgIpc) is 2.28. The summed E-state index contributed by atoms with van der Waals surface area (Å²) in [4.78, 5) is 4.42.